The maximum atomic E-state index is 12.9. The summed E-state index contributed by atoms with van der Waals surface area (Å²) in [6, 6.07) is 21.1. The first-order valence-corrected chi connectivity index (χ1v) is 11.6. The monoisotopic (exact) mass is 512 g/mol. The number of benzene rings is 3. The third kappa shape index (κ3) is 6.00. The molecule has 0 aliphatic rings. The van der Waals surface area contributed by atoms with Crippen LogP contribution in [0.25, 0.3) is 5.69 Å². The summed E-state index contributed by atoms with van der Waals surface area (Å²) in [4.78, 5) is 29.2. The average molecular weight is 513 g/mol. The Labute approximate surface area is 216 Å². The molecule has 0 aliphatic heterocycles. The Hall–Kier alpha value is -4.96. The van der Waals surface area contributed by atoms with Gasteiger partial charge in [0.05, 0.1) is 41.0 Å². The molecule has 2 heterocycles. The molecule has 0 fully saturated rings. The smallest absolute Gasteiger partial charge is 0.322 e. The summed E-state index contributed by atoms with van der Waals surface area (Å²) in [5, 5.41) is 17.2. The Morgan fingerprint density at radius 2 is 1.73 bits per heavy atom. The number of urea groups is 1. The first-order chi connectivity index (χ1) is 18.0. The van der Waals surface area contributed by atoms with Gasteiger partial charge in [-0.05, 0) is 48.0 Å². The van der Waals surface area contributed by atoms with Crippen molar-refractivity contribution in [1.82, 2.24) is 24.5 Å². The van der Waals surface area contributed by atoms with E-state index in [1.165, 1.54) is 12.5 Å². The molecule has 0 saturated heterocycles. The van der Waals surface area contributed by atoms with E-state index in [0.717, 1.165) is 5.56 Å². The van der Waals surface area contributed by atoms with Crippen molar-refractivity contribution in [3.05, 3.63) is 114 Å². The zero-order valence-corrected chi connectivity index (χ0v) is 20.1. The number of anilines is 3. The topological polar surface area (TPSA) is 119 Å². The Morgan fingerprint density at radius 3 is 2.57 bits per heavy atom. The van der Waals surface area contributed by atoms with Gasteiger partial charge in [0.15, 0.2) is 0 Å². The molecule has 0 radical (unpaired) electrons. The second kappa shape index (κ2) is 10.8. The number of carbonyl (C=O) groups excluding carboxylic acids is 2. The van der Waals surface area contributed by atoms with Gasteiger partial charge in [0, 0.05) is 11.3 Å². The van der Waals surface area contributed by atoms with Gasteiger partial charge in [0.2, 0.25) is 0 Å². The maximum absolute atomic E-state index is 12.9. The molecule has 0 spiro atoms. The summed E-state index contributed by atoms with van der Waals surface area (Å²) in [7, 11) is 0. The van der Waals surface area contributed by atoms with Gasteiger partial charge in [0.25, 0.3) is 5.91 Å². The summed E-state index contributed by atoms with van der Waals surface area (Å²) in [5.74, 6) is -0.260. The van der Waals surface area contributed by atoms with E-state index in [0.29, 0.717) is 39.9 Å². The molecule has 3 amide bonds. The Balaban J connectivity index is 1.24. The summed E-state index contributed by atoms with van der Waals surface area (Å²) < 4.78 is 3.28. The van der Waals surface area contributed by atoms with Crippen LogP contribution in [-0.4, -0.2) is 36.5 Å². The normalized spacial score (nSPS) is 10.6. The number of hydrogen-bond acceptors (Lipinski definition) is 5. The molecule has 5 aromatic rings. The number of rotatable bonds is 7. The van der Waals surface area contributed by atoms with Crippen molar-refractivity contribution in [2.75, 3.05) is 16.0 Å². The van der Waals surface area contributed by atoms with Crippen LogP contribution in [0.3, 0.4) is 0 Å². The molecule has 0 aliphatic carbocycles. The van der Waals surface area contributed by atoms with Crippen LogP contribution >= 0.6 is 11.6 Å². The standard InChI is InChI=1S/C26H21ClN8O2/c27-23-9-1-2-10-24(23)33-26(37)32-21-13-29-35(15-21)22-8-4-6-19(12-22)25(36)31-20-7-3-5-18(11-20)14-34-17-28-16-30-34/h1-13,15-17H,14H2,(H,31,36)(H2,32,33,37). The number of carbonyl (C=O) groups is 2. The first-order valence-electron chi connectivity index (χ1n) is 11.2. The van der Waals surface area contributed by atoms with Crippen molar-refractivity contribution < 1.29 is 9.59 Å². The molecule has 2 aromatic heterocycles. The second-order valence-electron chi connectivity index (χ2n) is 8.03. The quantitative estimate of drug-likeness (QED) is 0.281. The lowest BCUT2D eigenvalue weighted by atomic mass is 10.1. The molecular weight excluding hydrogens is 492 g/mol. The summed E-state index contributed by atoms with van der Waals surface area (Å²) in [6.07, 6.45) is 6.28. The van der Waals surface area contributed by atoms with Gasteiger partial charge in [0.1, 0.15) is 12.7 Å². The van der Waals surface area contributed by atoms with Crippen LogP contribution in [0.15, 0.2) is 97.8 Å². The molecule has 0 unspecified atom stereocenters. The van der Waals surface area contributed by atoms with E-state index in [4.69, 9.17) is 11.6 Å². The highest BCUT2D eigenvalue weighted by molar-refractivity contribution is 6.33. The summed E-state index contributed by atoms with van der Waals surface area (Å²) in [6.45, 7) is 0.547. The number of aromatic nitrogens is 5. The van der Waals surface area contributed by atoms with Crippen molar-refractivity contribution >= 4 is 40.6 Å². The maximum Gasteiger partial charge on any atom is 0.323 e. The highest BCUT2D eigenvalue weighted by Crippen LogP contribution is 2.21. The summed E-state index contributed by atoms with van der Waals surface area (Å²) >= 11 is 6.09. The minimum Gasteiger partial charge on any atom is -0.322 e. The number of amides is 3. The van der Waals surface area contributed by atoms with Gasteiger partial charge in [-0.25, -0.2) is 19.1 Å². The van der Waals surface area contributed by atoms with Crippen molar-refractivity contribution in [2.45, 2.75) is 6.54 Å². The molecule has 10 nitrogen and oxygen atoms in total. The summed E-state index contributed by atoms with van der Waals surface area (Å²) in [5.41, 5.74) is 3.74. The molecule has 3 N–H and O–H groups in total. The lowest BCUT2D eigenvalue weighted by molar-refractivity contribution is 0.102. The molecule has 5 rings (SSSR count). The zero-order chi connectivity index (χ0) is 25.6. The SMILES string of the molecule is O=C(Nc1cnn(-c2cccc(C(=O)Nc3cccc(Cn4cncn4)c3)c2)c1)Nc1ccccc1Cl. The highest BCUT2D eigenvalue weighted by atomic mass is 35.5. The number of nitrogens with one attached hydrogen (secondary N) is 3. The highest BCUT2D eigenvalue weighted by Gasteiger charge is 2.11. The van der Waals surface area contributed by atoms with E-state index in [1.807, 2.05) is 30.3 Å². The first kappa shape index (κ1) is 23.8. The van der Waals surface area contributed by atoms with Gasteiger partial charge in [-0.2, -0.15) is 10.2 Å². The molecule has 37 heavy (non-hydrogen) atoms. The van der Waals surface area contributed by atoms with Crippen LogP contribution in [0.4, 0.5) is 21.9 Å². The van der Waals surface area contributed by atoms with E-state index in [9.17, 15) is 9.59 Å². The van der Waals surface area contributed by atoms with E-state index in [-0.39, 0.29) is 5.91 Å². The predicted octanol–water partition coefficient (Wildman–Crippen LogP) is 5.06. The predicted molar refractivity (Wildman–Crippen MR) is 141 cm³/mol. The Bertz CT molecular complexity index is 1550. The van der Waals surface area contributed by atoms with Crippen LogP contribution in [0.2, 0.25) is 5.02 Å². The Kier molecular flexibility index (Phi) is 6.91. The van der Waals surface area contributed by atoms with Crippen molar-refractivity contribution in [3.8, 4) is 5.69 Å². The largest absolute Gasteiger partial charge is 0.323 e. The van der Waals surface area contributed by atoms with Crippen LogP contribution < -0.4 is 16.0 Å². The van der Waals surface area contributed by atoms with Crippen LogP contribution in [0.1, 0.15) is 15.9 Å². The fraction of sp³-hybridized carbons (Fsp3) is 0.0385. The second-order valence-corrected chi connectivity index (χ2v) is 8.44. The molecule has 0 bridgehead atoms. The van der Waals surface area contributed by atoms with Crippen molar-refractivity contribution in [2.24, 2.45) is 0 Å². The van der Waals surface area contributed by atoms with E-state index in [2.05, 4.69) is 31.1 Å². The zero-order valence-electron chi connectivity index (χ0n) is 19.4. The number of nitrogens with zero attached hydrogens (tertiary/aromatic N) is 5. The minimum absolute atomic E-state index is 0.260. The van der Waals surface area contributed by atoms with Gasteiger partial charge in [-0.1, -0.05) is 41.9 Å². The van der Waals surface area contributed by atoms with E-state index < -0.39 is 6.03 Å². The third-order valence-electron chi connectivity index (χ3n) is 5.33. The number of halogens is 1. The van der Waals surface area contributed by atoms with Crippen LogP contribution in [-0.2, 0) is 6.54 Å². The third-order valence-corrected chi connectivity index (χ3v) is 5.66. The van der Waals surface area contributed by atoms with Crippen molar-refractivity contribution in [1.29, 1.82) is 0 Å². The fourth-order valence-corrected chi connectivity index (χ4v) is 3.80. The molecule has 0 atom stereocenters. The number of para-hydroxylation sites is 1. The van der Waals surface area contributed by atoms with Gasteiger partial charge in [-0.3, -0.25) is 4.79 Å². The molecular formula is C26H21ClN8O2. The van der Waals surface area contributed by atoms with Crippen LogP contribution in [0.5, 0.6) is 0 Å². The molecule has 11 heteroatoms. The fourth-order valence-electron chi connectivity index (χ4n) is 3.62. The Morgan fingerprint density at radius 1 is 0.865 bits per heavy atom. The van der Waals surface area contributed by atoms with Gasteiger partial charge >= 0.3 is 6.03 Å². The van der Waals surface area contributed by atoms with Crippen LogP contribution in [0, 0.1) is 0 Å². The molecule has 0 saturated carbocycles. The van der Waals surface area contributed by atoms with E-state index >= 15 is 0 Å². The van der Waals surface area contributed by atoms with Gasteiger partial charge < -0.3 is 16.0 Å². The van der Waals surface area contributed by atoms with Gasteiger partial charge in [-0.15, -0.1) is 0 Å². The molecule has 3 aromatic carbocycles. The lowest BCUT2D eigenvalue weighted by Crippen LogP contribution is -2.19. The average Bonchev–Trinajstić information content (AvgIpc) is 3.58. The minimum atomic E-state index is -0.452. The number of hydrogen-bond donors (Lipinski definition) is 3. The van der Waals surface area contributed by atoms with E-state index in [1.54, 1.807) is 64.4 Å². The molecule has 184 valence electrons. The lowest BCUT2D eigenvalue weighted by Gasteiger charge is -2.09. The van der Waals surface area contributed by atoms with Crippen molar-refractivity contribution in [3.63, 3.8) is 0 Å².